The molecule has 94 valence electrons. The monoisotopic (exact) mass is 267 g/mol. The molecule has 2 aromatic rings. The zero-order valence-corrected chi connectivity index (χ0v) is 10.3. The van der Waals surface area contributed by atoms with Gasteiger partial charge in [0.2, 0.25) is 5.95 Å². The Balaban J connectivity index is 2.27. The highest BCUT2D eigenvalue weighted by Crippen LogP contribution is 2.20. The second-order valence-corrected chi connectivity index (χ2v) is 4.02. The molecule has 2 rings (SSSR count). The van der Waals surface area contributed by atoms with Gasteiger partial charge in [0.05, 0.1) is 0 Å². The molecule has 0 amide bonds. The maximum absolute atomic E-state index is 13.1. The van der Waals surface area contributed by atoms with E-state index in [1.54, 1.807) is 25.1 Å². The number of nitrogens with one attached hydrogen (secondary N) is 2. The molecular formula is C11H11ClFN5. The quantitative estimate of drug-likeness (QED) is 0.453. The molecule has 0 saturated carbocycles. The van der Waals surface area contributed by atoms with Crippen molar-refractivity contribution in [2.24, 2.45) is 5.84 Å². The lowest BCUT2D eigenvalue weighted by molar-refractivity contribution is 0.619. The summed E-state index contributed by atoms with van der Waals surface area (Å²) in [5.41, 5.74) is 3.55. The Hall–Kier alpha value is -1.92. The maximum atomic E-state index is 13.1. The molecular weight excluding hydrogens is 257 g/mol. The van der Waals surface area contributed by atoms with E-state index in [4.69, 9.17) is 17.4 Å². The summed E-state index contributed by atoms with van der Waals surface area (Å²) in [6.07, 6.45) is 0. The molecule has 0 fully saturated rings. The Morgan fingerprint density at radius 3 is 2.72 bits per heavy atom. The van der Waals surface area contributed by atoms with Gasteiger partial charge in [-0.3, -0.25) is 5.43 Å². The van der Waals surface area contributed by atoms with Crippen molar-refractivity contribution in [2.75, 3.05) is 10.7 Å². The van der Waals surface area contributed by atoms with E-state index in [9.17, 15) is 4.39 Å². The van der Waals surface area contributed by atoms with Crippen LogP contribution in [-0.4, -0.2) is 9.97 Å². The molecule has 0 unspecified atom stereocenters. The fraction of sp³-hybridized carbons (Fsp3) is 0.0909. The molecule has 18 heavy (non-hydrogen) atoms. The minimum absolute atomic E-state index is 0.198. The zero-order chi connectivity index (χ0) is 13.1. The molecule has 5 nitrogen and oxygen atoms in total. The summed E-state index contributed by atoms with van der Waals surface area (Å²) in [4.78, 5) is 7.91. The van der Waals surface area contributed by atoms with Crippen LogP contribution in [0.4, 0.5) is 21.8 Å². The first-order valence-electron chi connectivity index (χ1n) is 5.13. The van der Waals surface area contributed by atoms with Gasteiger partial charge in [-0.25, -0.2) is 10.2 Å². The van der Waals surface area contributed by atoms with Crippen molar-refractivity contribution in [2.45, 2.75) is 6.92 Å². The van der Waals surface area contributed by atoms with Crippen LogP contribution in [0.1, 0.15) is 5.56 Å². The van der Waals surface area contributed by atoms with E-state index in [-0.39, 0.29) is 16.9 Å². The lowest BCUT2D eigenvalue weighted by atomic mass is 10.2. The molecule has 4 N–H and O–H groups in total. The number of nitrogens with zero attached hydrogens (tertiary/aromatic N) is 2. The fourth-order valence-electron chi connectivity index (χ4n) is 1.42. The van der Waals surface area contributed by atoms with E-state index in [1.165, 1.54) is 6.07 Å². The van der Waals surface area contributed by atoms with Crippen molar-refractivity contribution in [3.8, 4) is 0 Å². The van der Waals surface area contributed by atoms with Gasteiger partial charge in [-0.15, -0.1) is 0 Å². The van der Waals surface area contributed by atoms with Crippen LogP contribution in [-0.2, 0) is 0 Å². The predicted molar refractivity (Wildman–Crippen MR) is 69.3 cm³/mol. The Kier molecular flexibility index (Phi) is 3.59. The fourth-order valence-corrected chi connectivity index (χ4v) is 1.60. The van der Waals surface area contributed by atoms with E-state index >= 15 is 0 Å². The van der Waals surface area contributed by atoms with Crippen molar-refractivity contribution in [1.29, 1.82) is 0 Å². The van der Waals surface area contributed by atoms with E-state index in [1.807, 2.05) is 0 Å². The highest BCUT2D eigenvalue weighted by molar-refractivity contribution is 6.29. The van der Waals surface area contributed by atoms with Crippen LogP contribution in [0, 0.1) is 12.7 Å². The van der Waals surface area contributed by atoms with Gasteiger partial charge >= 0.3 is 0 Å². The Morgan fingerprint density at radius 2 is 2.06 bits per heavy atom. The van der Waals surface area contributed by atoms with Gasteiger partial charge in [-0.05, 0) is 30.7 Å². The van der Waals surface area contributed by atoms with Gasteiger partial charge in [0, 0.05) is 11.8 Å². The highest BCUT2D eigenvalue weighted by Gasteiger charge is 2.04. The van der Waals surface area contributed by atoms with Crippen molar-refractivity contribution < 1.29 is 4.39 Å². The summed E-state index contributed by atoms with van der Waals surface area (Å²) >= 11 is 5.80. The second-order valence-electron chi connectivity index (χ2n) is 3.63. The number of aromatic nitrogens is 2. The summed E-state index contributed by atoms with van der Waals surface area (Å²) in [5.74, 6) is 5.62. The van der Waals surface area contributed by atoms with Gasteiger partial charge < -0.3 is 5.32 Å². The van der Waals surface area contributed by atoms with E-state index in [2.05, 4.69) is 20.7 Å². The molecule has 1 aromatic carbocycles. The smallest absolute Gasteiger partial charge is 0.240 e. The van der Waals surface area contributed by atoms with Crippen LogP contribution in [0.3, 0.4) is 0 Å². The van der Waals surface area contributed by atoms with Gasteiger partial charge in [-0.2, -0.15) is 9.97 Å². The lowest BCUT2D eigenvalue weighted by Gasteiger charge is -2.08. The van der Waals surface area contributed by atoms with Crippen LogP contribution in [0.15, 0.2) is 24.3 Å². The minimum Gasteiger partial charge on any atom is -0.340 e. The molecule has 0 atom stereocenters. The summed E-state index contributed by atoms with van der Waals surface area (Å²) in [7, 11) is 0. The first-order valence-corrected chi connectivity index (χ1v) is 5.50. The van der Waals surface area contributed by atoms with Crippen LogP contribution < -0.4 is 16.6 Å². The zero-order valence-electron chi connectivity index (χ0n) is 9.54. The molecule has 0 aliphatic heterocycles. The number of benzene rings is 1. The molecule has 1 aromatic heterocycles. The average Bonchev–Trinajstić information content (AvgIpc) is 2.33. The summed E-state index contributed by atoms with van der Waals surface area (Å²) in [5, 5.41) is 3.24. The molecule has 0 spiro atoms. The van der Waals surface area contributed by atoms with Gasteiger partial charge in [0.1, 0.15) is 16.8 Å². The first kappa shape index (κ1) is 12.5. The molecule has 0 bridgehead atoms. The SMILES string of the molecule is Cc1cc(Nc2cc(Cl)nc(NN)n2)ccc1F. The normalized spacial score (nSPS) is 10.2. The summed E-state index contributed by atoms with van der Waals surface area (Å²) in [6.45, 7) is 1.68. The molecule has 0 radical (unpaired) electrons. The largest absolute Gasteiger partial charge is 0.340 e. The Bertz CT molecular complexity index is 575. The van der Waals surface area contributed by atoms with E-state index in [0.29, 0.717) is 17.1 Å². The number of halogens is 2. The van der Waals surface area contributed by atoms with Crippen molar-refractivity contribution >= 4 is 29.1 Å². The van der Waals surface area contributed by atoms with E-state index < -0.39 is 0 Å². The third-order valence-corrected chi connectivity index (χ3v) is 2.45. The molecule has 0 saturated heterocycles. The maximum Gasteiger partial charge on any atom is 0.240 e. The third-order valence-electron chi connectivity index (χ3n) is 2.25. The van der Waals surface area contributed by atoms with Gasteiger partial charge in [0.15, 0.2) is 0 Å². The molecule has 0 aliphatic rings. The second kappa shape index (κ2) is 5.16. The number of nitrogen functional groups attached to an aromatic ring is 1. The number of hydrogen-bond donors (Lipinski definition) is 3. The number of hydrazine groups is 1. The number of aryl methyl sites for hydroxylation is 1. The van der Waals surface area contributed by atoms with Crippen LogP contribution in [0.5, 0.6) is 0 Å². The summed E-state index contributed by atoms with van der Waals surface area (Å²) < 4.78 is 13.1. The average molecular weight is 268 g/mol. The molecule has 7 heteroatoms. The minimum atomic E-state index is -0.259. The standard InChI is InChI=1S/C11H11ClFN5/c1-6-4-7(2-3-8(6)13)15-10-5-9(12)16-11(17-10)18-14/h2-5H,14H2,1H3,(H2,15,16,17,18). The Morgan fingerprint density at radius 1 is 1.28 bits per heavy atom. The van der Waals surface area contributed by atoms with Crippen molar-refractivity contribution in [1.82, 2.24) is 9.97 Å². The van der Waals surface area contributed by atoms with Crippen LogP contribution in [0.25, 0.3) is 0 Å². The first-order chi connectivity index (χ1) is 8.58. The number of anilines is 3. The third kappa shape index (κ3) is 2.85. The van der Waals surface area contributed by atoms with Crippen molar-refractivity contribution in [3.63, 3.8) is 0 Å². The topological polar surface area (TPSA) is 75.9 Å². The molecule has 1 heterocycles. The van der Waals surface area contributed by atoms with Gasteiger partial charge in [-0.1, -0.05) is 11.6 Å². The predicted octanol–water partition coefficient (Wildman–Crippen LogP) is 2.61. The van der Waals surface area contributed by atoms with Gasteiger partial charge in [0.25, 0.3) is 0 Å². The lowest BCUT2D eigenvalue weighted by Crippen LogP contribution is -2.11. The highest BCUT2D eigenvalue weighted by atomic mass is 35.5. The van der Waals surface area contributed by atoms with Crippen LogP contribution >= 0.6 is 11.6 Å². The number of rotatable bonds is 3. The van der Waals surface area contributed by atoms with Crippen molar-refractivity contribution in [3.05, 3.63) is 40.8 Å². The summed E-state index contributed by atoms with van der Waals surface area (Å²) in [6, 6.07) is 6.19. The molecule has 0 aliphatic carbocycles. The van der Waals surface area contributed by atoms with E-state index in [0.717, 1.165) is 0 Å². The number of nitrogens with two attached hydrogens (primary N) is 1. The Labute approximate surface area is 108 Å². The number of hydrogen-bond acceptors (Lipinski definition) is 5. The van der Waals surface area contributed by atoms with Crippen LogP contribution in [0.2, 0.25) is 5.15 Å².